The van der Waals surface area contributed by atoms with Crippen LogP contribution in [0.2, 0.25) is 0 Å². The highest BCUT2D eigenvalue weighted by Crippen LogP contribution is 2.35. The van der Waals surface area contributed by atoms with Crippen LogP contribution in [-0.4, -0.2) is 31.8 Å². The van der Waals surface area contributed by atoms with Gasteiger partial charge in [-0.15, -0.1) is 0 Å². The van der Waals surface area contributed by atoms with Crippen molar-refractivity contribution < 1.29 is 19.0 Å². The Balaban J connectivity index is 1.37. The number of fused-ring (bicyclic) bond motifs is 2. The van der Waals surface area contributed by atoms with Gasteiger partial charge in [-0.2, -0.15) is 0 Å². The minimum atomic E-state index is -0.124. The minimum absolute atomic E-state index is 0.124. The van der Waals surface area contributed by atoms with Crippen molar-refractivity contribution in [3.8, 4) is 17.2 Å². The molecule has 0 fully saturated rings. The second kappa shape index (κ2) is 8.60. The molecular weight excluding hydrogens is 366 g/mol. The van der Waals surface area contributed by atoms with Gasteiger partial charge in [0.1, 0.15) is 23.4 Å². The molecule has 2 aliphatic rings. The highest BCUT2D eigenvalue weighted by atomic mass is 16.5. The number of para-hydroxylation sites is 1. The minimum Gasteiger partial charge on any atom is -0.493 e. The smallest absolute Gasteiger partial charge is 0.244 e. The van der Waals surface area contributed by atoms with E-state index in [0.29, 0.717) is 19.8 Å². The van der Waals surface area contributed by atoms with Crippen LogP contribution in [0.4, 0.5) is 0 Å². The summed E-state index contributed by atoms with van der Waals surface area (Å²) in [5, 5.41) is 2.99. The van der Waals surface area contributed by atoms with Gasteiger partial charge in [0.05, 0.1) is 13.2 Å². The zero-order valence-corrected chi connectivity index (χ0v) is 16.9. The number of carbonyl (C=O) groups excluding carboxylic acids is 1. The lowest BCUT2D eigenvalue weighted by molar-refractivity contribution is -0.116. The van der Waals surface area contributed by atoms with Gasteiger partial charge in [-0.3, -0.25) is 4.79 Å². The van der Waals surface area contributed by atoms with Crippen LogP contribution in [0, 0.1) is 5.92 Å². The Bertz CT molecular complexity index is 921. The van der Waals surface area contributed by atoms with E-state index in [1.54, 1.807) is 12.2 Å². The van der Waals surface area contributed by atoms with Crippen LogP contribution >= 0.6 is 0 Å². The summed E-state index contributed by atoms with van der Waals surface area (Å²) < 4.78 is 17.4. The van der Waals surface area contributed by atoms with Gasteiger partial charge in [0.15, 0.2) is 0 Å². The predicted octanol–water partition coefficient (Wildman–Crippen LogP) is 3.79. The maximum Gasteiger partial charge on any atom is 0.244 e. The summed E-state index contributed by atoms with van der Waals surface area (Å²) in [7, 11) is 0. The number of amides is 1. The molecule has 2 aromatic carbocycles. The molecule has 29 heavy (non-hydrogen) atoms. The van der Waals surface area contributed by atoms with Crippen LogP contribution in [0.3, 0.4) is 0 Å². The number of hydrogen-bond donors (Lipinski definition) is 1. The largest absolute Gasteiger partial charge is 0.493 e. The molecule has 2 aliphatic heterocycles. The molecule has 4 rings (SSSR count). The van der Waals surface area contributed by atoms with Crippen LogP contribution in [0.1, 0.15) is 30.5 Å². The average molecular weight is 393 g/mol. The Morgan fingerprint density at radius 2 is 2.07 bits per heavy atom. The van der Waals surface area contributed by atoms with Crippen LogP contribution in [0.25, 0.3) is 6.08 Å². The summed E-state index contributed by atoms with van der Waals surface area (Å²) in [6.45, 7) is 5.79. The Morgan fingerprint density at radius 1 is 1.21 bits per heavy atom. The van der Waals surface area contributed by atoms with Crippen molar-refractivity contribution in [1.82, 2.24) is 5.32 Å². The van der Waals surface area contributed by atoms with Crippen molar-refractivity contribution in [3.05, 3.63) is 59.2 Å². The monoisotopic (exact) mass is 393 g/mol. The van der Waals surface area contributed by atoms with Gasteiger partial charge in [-0.25, -0.2) is 0 Å². The molecule has 1 N–H and O–H groups in total. The zero-order valence-electron chi connectivity index (χ0n) is 16.9. The fourth-order valence-corrected chi connectivity index (χ4v) is 3.86. The zero-order chi connectivity index (χ0) is 20.2. The van der Waals surface area contributed by atoms with E-state index in [4.69, 9.17) is 14.2 Å². The second-order valence-corrected chi connectivity index (χ2v) is 7.63. The van der Waals surface area contributed by atoms with Crippen molar-refractivity contribution in [2.45, 2.75) is 32.8 Å². The molecule has 2 unspecified atom stereocenters. The van der Waals surface area contributed by atoms with Crippen molar-refractivity contribution >= 4 is 12.0 Å². The topological polar surface area (TPSA) is 56.8 Å². The van der Waals surface area contributed by atoms with Gasteiger partial charge < -0.3 is 19.5 Å². The van der Waals surface area contributed by atoms with E-state index in [9.17, 15) is 4.79 Å². The summed E-state index contributed by atoms with van der Waals surface area (Å²) in [6, 6.07) is 12.0. The first-order valence-corrected chi connectivity index (χ1v) is 10.3. The van der Waals surface area contributed by atoms with Crippen LogP contribution in [-0.2, 0) is 17.6 Å². The molecule has 0 aromatic heterocycles. The summed E-state index contributed by atoms with van der Waals surface area (Å²) in [4.78, 5) is 12.3. The molecule has 2 atom stereocenters. The Labute approximate surface area is 171 Å². The van der Waals surface area contributed by atoms with Crippen molar-refractivity contribution in [3.63, 3.8) is 0 Å². The van der Waals surface area contributed by atoms with Crippen LogP contribution < -0.4 is 19.5 Å². The quantitative estimate of drug-likeness (QED) is 0.759. The van der Waals surface area contributed by atoms with Crippen molar-refractivity contribution in [2.75, 3.05) is 19.8 Å². The molecule has 5 nitrogen and oxygen atoms in total. The van der Waals surface area contributed by atoms with Crippen LogP contribution in [0.5, 0.6) is 17.2 Å². The average Bonchev–Trinajstić information content (AvgIpc) is 3.09. The third kappa shape index (κ3) is 4.56. The molecule has 1 amide bonds. The maximum atomic E-state index is 12.3. The highest BCUT2D eigenvalue weighted by molar-refractivity contribution is 5.92. The Morgan fingerprint density at radius 3 is 2.93 bits per heavy atom. The molecule has 0 radical (unpaired) electrons. The first kappa shape index (κ1) is 19.4. The normalized spacial score (nSPS) is 19.8. The molecule has 2 aromatic rings. The first-order chi connectivity index (χ1) is 14.1. The third-order valence-electron chi connectivity index (χ3n) is 5.26. The van der Waals surface area contributed by atoms with E-state index in [1.807, 2.05) is 37.3 Å². The molecular formula is C24H27NO4. The molecule has 0 saturated heterocycles. The number of hydrogen-bond acceptors (Lipinski definition) is 4. The van der Waals surface area contributed by atoms with E-state index in [0.717, 1.165) is 41.2 Å². The Kier molecular flexibility index (Phi) is 5.74. The first-order valence-electron chi connectivity index (χ1n) is 10.3. The fourth-order valence-electron chi connectivity index (χ4n) is 3.86. The van der Waals surface area contributed by atoms with Gasteiger partial charge in [0.2, 0.25) is 5.91 Å². The number of ether oxygens (including phenoxy) is 3. The molecule has 0 spiro atoms. The van der Waals surface area contributed by atoms with E-state index in [2.05, 4.69) is 18.3 Å². The predicted molar refractivity (Wildman–Crippen MR) is 113 cm³/mol. The molecule has 152 valence electrons. The molecule has 0 bridgehead atoms. The fraction of sp³-hybridized carbons (Fsp3) is 0.375. The summed E-state index contributed by atoms with van der Waals surface area (Å²) in [6.07, 6.45) is 5.31. The standard InChI is InChI=1S/C24H27NO4/c1-3-27-22-13-20-10-16(2)29-23(20)12-19(22)8-9-24(26)25-14-17-11-18-6-4-5-7-21(18)28-15-17/h4-9,12-13,16-17H,3,10-11,14-15H2,1-2H3,(H,25,26)/b9-8+. The molecule has 5 heteroatoms. The Hall–Kier alpha value is -2.95. The van der Waals surface area contributed by atoms with Gasteiger partial charge in [0, 0.05) is 36.1 Å². The number of rotatable bonds is 6. The van der Waals surface area contributed by atoms with E-state index >= 15 is 0 Å². The lowest BCUT2D eigenvalue weighted by Crippen LogP contribution is -2.33. The molecule has 0 aliphatic carbocycles. The summed E-state index contributed by atoms with van der Waals surface area (Å²) >= 11 is 0. The van der Waals surface area contributed by atoms with Gasteiger partial charge in [-0.1, -0.05) is 18.2 Å². The van der Waals surface area contributed by atoms with Crippen molar-refractivity contribution in [2.24, 2.45) is 5.92 Å². The van der Waals surface area contributed by atoms with Crippen molar-refractivity contribution in [1.29, 1.82) is 0 Å². The lowest BCUT2D eigenvalue weighted by Gasteiger charge is -2.25. The van der Waals surface area contributed by atoms with E-state index in [-0.39, 0.29) is 17.9 Å². The SMILES string of the molecule is CCOc1cc2c(cc1/C=C/C(=O)NCC1COc3ccccc3C1)OC(C)C2. The van der Waals surface area contributed by atoms with Crippen LogP contribution in [0.15, 0.2) is 42.5 Å². The molecule has 0 saturated carbocycles. The summed E-state index contributed by atoms with van der Waals surface area (Å²) in [5.74, 6) is 2.76. The number of nitrogens with one attached hydrogen (secondary N) is 1. The third-order valence-corrected chi connectivity index (χ3v) is 5.26. The van der Waals surface area contributed by atoms with E-state index in [1.165, 1.54) is 5.56 Å². The molecule has 2 heterocycles. The highest BCUT2D eigenvalue weighted by Gasteiger charge is 2.22. The summed E-state index contributed by atoms with van der Waals surface area (Å²) in [5.41, 5.74) is 3.20. The van der Waals surface area contributed by atoms with E-state index < -0.39 is 0 Å². The number of benzene rings is 2. The maximum absolute atomic E-state index is 12.3. The van der Waals surface area contributed by atoms with Gasteiger partial charge in [-0.05, 0) is 50.1 Å². The van der Waals surface area contributed by atoms with Gasteiger partial charge in [0.25, 0.3) is 0 Å². The second-order valence-electron chi connectivity index (χ2n) is 7.63. The van der Waals surface area contributed by atoms with Gasteiger partial charge >= 0.3 is 0 Å². The number of carbonyl (C=O) groups is 1. The lowest BCUT2D eigenvalue weighted by atomic mass is 9.97.